The first kappa shape index (κ1) is 15.8. The number of pyridine rings is 1. The smallest absolute Gasteiger partial charge is 0.315 e. The van der Waals surface area contributed by atoms with Crippen LogP contribution in [0.3, 0.4) is 0 Å². The van der Waals surface area contributed by atoms with E-state index in [1.807, 2.05) is 56.3 Å². The van der Waals surface area contributed by atoms with E-state index in [9.17, 15) is 4.79 Å². The fourth-order valence-electron chi connectivity index (χ4n) is 2.04. The zero-order valence-corrected chi connectivity index (χ0v) is 12.9. The molecule has 1 aromatic heterocycles. The van der Waals surface area contributed by atoms with Gasteiger partial charge in [-0.15, -0.1) is 0 Å². The van der Waals surface area contributed by atoms with Crippen LogP contribution < -0.4 is 15.4 Å². The summed E-state index contributed by atoms with van der Waals surface area (Å²) in [7, 11) is 0. The molecule has 2 N–H and O–H groups in total. The van der Waals surface area contributed by atoms with E-state index >= 15 is 0 Å². The number of hydrogen-bond acceptors (Lipinski definition) is 3. The Labute approximate surface area is 130 Å². The van der Waals surface area contributed by atoms with Gasteiger partial charge in [0.05, 0.1) is 24.9 Å². The number of hydrogen-bond donors (Lipinski definition) is 2. The third-order valence-corrected chi connectivity index (χ3v) is 3.17. The molecule has 0 saturated carbocycles. The van der Waals surface area contributed by atoms with Crippen LogP contribution >= 0.6 is 0 Å². The number of nitrogens with zero attached hydrogens (tertiary/aromatic N) is 1. The van der Waals surface area contributed by atoms with Gasteiger partial charge in [-0.1, -0.05) is 18.2 Å². The quantitative estimate of drug-likeness (QED) is 0.861. The minimum Gasteiger partial charge on any atom is -0.494 e. The molecule has 0 radical (unpaired) electrons. The number of nitrogens with one attached hydrogen (secondary N) is 2. The van der Waals surface area contributed by atoms with Gasteiger partial charge >= 0.3 is 6.03 Å². The van der Waals surface area contributed by atoms with Crippen molar-refractivity contribution in [3.63, 3.8) is 0 Å². The zero-order chi connectivity index (χ0) is 15.8. The molecule has 0 fully saturated rings. The van der Waals surface area contributed by atoms with Crippen LogP contribution in [-0.4, -0.2) is 17.6 Å². The molecule has 5 heteroatoms. The summed E-state index contributed by atoms with van der Waals surface area (Å²) in [5.74, 6) is 0.808. The van der Waals surface area contributed by atoms with Crippen molar-refractivity contribution in [2.24, 2.45) is 0 Å². The predicted molar refractivity (Wildman–Crippen MR) is 85.6 cm³/mol. The zero-order valence-electron chi connectivity index (χ0n) is 12.9. The lowest BCUT2D eigenvalue weighted by molar-refractivity contribution is 0.237. The molecule has 0 aliphatic rings. The maximum absolute atomic E-state index is 11.9. The second kappa shape index (κ2) is 8.02. The van der Waals surface area contributed by atoms with E-state index in [4.69, 9.17) is 4.74 Å². The third-order valence-electron chi connectivity index (χ3n) is 3.17. The van der Waals surface area contributed by atoms with Crippen LogP contribution in [0.1, 0.15) is 31.1 Å². The highest BCUT2D eigenvalue weighted by molar-refractivity contribution is 5.74. The van der Waals surface area contributed by atoms with Gasteiger partial charge in [-0.3, -0.25) is 4.98 Å². The number of ether oxygens (including phenoxy) is 1. The molecule has 22 heavy (non-hydrogen) atoms. The number of carbonyl (C=O) groups is 1. The topological polar surface area (TPSA) is 63.2 Å². The van der Waals surface area contributed by atoms with Crippen LogP contribution in [0, 0.1) is 0 Å². The maximum Gasteiger partial charge on any atom is 0.315 e. The van der Waals surface area contributed by atoms with Crippen LogP contribution in [0.15, 0.2) is 48.7 Å². The van der Waals surface area contributed by atoms with Gasteiger partial charge in [0.2, 0.25) is 0 Å². The van der Waals surface area contributed by atoms with Crippen LogP contribution in [0.5, 0.6) is 5.75 Å². The molecule has 0 aliphatic carbocycles. The first-order valence-electron chi connectivity index (χ1n) is 7.36. The van der Waals surface area contributed by atoms with Crippen molar-refractivity contribution < 1.29 is 9.53 Å². The normalized spacial score (nSPS) is 11.5. The summed E-state index contributed by atoms with van der Waals surface area (Å²) in [6.45, 7) is 4.90. The minimum absolute atomic E-state index is 0.107. The Balaban J connectivity index is 1.86. The summed E-state index contributed by atoms with van der Waals surface area (Å²) in [4.78, 5) is 16.1. The van der Waals surface area contributed by atoms with Crippen molar-refractivity contribution in [3.05, 3.63) is 59.9 Å². The first-order valence-corrected chi connectivity index (χ1v) is 7.36. The molecule has 0 spiro atoms. The Morgan fingerprint density at radius 3 is 2.86 bits per heavy atom. The number of benzene rings is 1. The van der Waals surface area contributed by atoms with Gasteiger partial charge in [0.25, 0.3) is 0 Å². The lowest BCUT2D eigenvalue weighted by Crippen LogP contribution is -2.36. The lowest BCUT2D eigenvalue weighted by Gasteiger charge is -2.16. The molecular formula is C17H21N3O2. The molecule has 2 aromatic rings. The summed E-state index contributed by atoms with van der Waals surface area (Å²) in [6, 6.07) is 13.0. The summed E-state index contributed by atoms with van der Waals surface area (Å²) in [6.07, 6.45) is 1.71. The Morgan fingerprint density at radius 2 is 2.14 bits per heavy atom. The van der Waals surface area contributed by atoms with E-state index in [0.29, 0.717) is 13.2 Å². The van der Waals surface area contributed by atoms with Crippen LogP contribution in [0.25, 0.3) is 0 Å². The summed E-state index contributed by atoms with van der Waals surface area (Å²) in [5.41, 5.74) is 1.82. The predicted octanol–water partition coefficient (Wildman–Crippen LogP) is 3.04. The molecule has 5 nitrogen and oxygen atoms in total. The molecule has 2 rings (SSSR count). The van der Waals surface area contributed by atoms with E-state index in [1.165, 1.54) is 0 Å². The van der Waals surface area contributed by atoms with Crippen LogP contribution in [-0.2, 0) is 6.54 Å². The van der Waals surface area contributed by atoms with Gasteiger partial charge in [0, 0.05) is 6.20 Å². The Kier molecular flexibility index (Phi) is 5.77. The maximum atomic E-state index is 11.9. The molecule has 1 atom stereocenters. The van der Waals surface area contributed by atoms with E-state index < -0.39 is 0 Å². The molecule has 0 saturated heterocycles. The molecule has 1 aromatic carbocycles. The third kappa shape index (κ3) is 4.77. The van der Waals surface area contributed by atoms with E-state index in [2.05, 4.69) is 15.6 Å². The van der Waals surface area contributed by atoms with E-state index in [0.717, 1.165) is 17.0 Å². The highest BCUT2D eigenvalue weighted by atomic mass is 16.5. The average Bonchev–Trinajstić information content (AvgIpc) is 2.54. The first-order chi connectivity index (χ1) is 10.7. The second-order valence-corrected chi connectivity index (χ2v) is 4.88. The molecular weight excluding hydrogens is 278 g/mol. The molecule has 2 amide bonds. The van der Waals surface area contributed by atoms with Crippen molar-refractivity contribution in [2.45, 2.75) is 26.4 Å². The fraction of sp³-hybridized carbons (Fsp3) is 0.294. The monoisotopic (exact) mass is 299 g/mol. The SMILES string of the molecule is CCOc1cccc([C@H](C)NC(=O)NCc2ccccn2)c1. The Morgan fingerprint density at radius 1 is 1.27 bits per heavy atom. The van der Waals surface area contributed by atoms with Gasteiger partial charge in [-0.05, 0) is 43.7 Å². The average molecular weight is 299 g/mol. The van der Waals surface area contributed by atoms with Crippen molar-refractivity contribution in [3.8, 4) is 5.75 Å². The van der Waals surface area contributed by atoms with Gasteiger partial charge in [-0.25, -0.2) is 4.79 Å². The van der Waals surface area contributed by atoms with E-state index in [1.54, 1.807) is 6.20 Å². The standard InChI is InChI=1S/C17H21N3O2/c1-3-22-16-9-6-7-14(11-16)13(2)20-17(21)19-12-15-8-4-5-10-18-15/h4-11,13H,3,12H2,1-2H3,(H2,19,20,21)/t13-/m0/s1. The highest BCUT2D eigenvalue weighted by Crippen LogP contribution is 2.18. The number of carbonyl (C=O) groups excluding carboxylic acids is 1. The van der Waals surface area contributed by atoms with Gasteiger partial charge in [-0.2, -0.15) is 0 Å². The van der Waals surface area contributed by atoms with Crippen molar-refractivity contribution in [1.82, 2.24) is 15.6 Å². The van der Waals surface area contributed by atoms with Crippen LogP contribution in [0.2, 0.25) is 0 Å². The largest absolute Gasteiger partial charge is 0.494 e. The molecule has 0 bridgehead atoms. The number of amides is 2. The fourth-order valence-corrected chi connectivity index (χ4v) is 2.04. The Hall–Kier alpha value is -2.56. The number of urea groups is 1. The van der Waals surface area contributed by atoms with Crippen molar-refractivity contribution in [2.75, 3.05) is 6.61 Å². The van der Waals surface area contributed by atoms with E-state index in [-0.39, 0.29) is 12.1 Å². The highest BCUT2D eigenvalue weighted by Gasteiger charge is 2.10. The number of aromatic nitrogens is 1. The Bertz CT molecular complexity index is 602. The number of rotatable bonds is 6. The lowest BCUT2D eigenvalue weighted by atomic mass is 10.1. The van der Waals surface area contributed by atoms with Crippen molar-refractivity contribution >= 4 is 6.03 Å². The summed E-state index contributed by atoms with van der Waals surface area (Å²) < 4.78 is 5.47. The van der Waals surface area contributed by atoms with Gasteiger partial charge < -0.3 is 15.4 Å². The molecule has 116 valence electrons. The molecule has 0 aliphatic heterocycles. The van der Waals surface area contributed by atoms with Gasteiger partial charge in [0.15, 0.2) is 0 Å². The van der Waals surface area contributed by atoms with Gasteiger partial charge in [0.1, 0.15) is 5.75 Å². The summed E-state index contributed by atoms with van der Waals surface area (Å²) >= 11 is 0. The molecule has 1 heterocycles. The molecule has 0 unspecified atom stereocenters. The summed E-state index contributed by atoms with van der Waals surface area (Å²) in [5, 5.41) is 5.70. The second-order valence-electron chi connectivity index (χ2n) is 4.88. The van der Waals surface area contributed by atoms with Crippen molar-refractivity contribution in [1.29, 1.82) is 0 Å². The minimum atomic E-state index is -0.222. The van der Waals surface area contributed by atoms with Crippen LogP contribution in [0.4, 0.5) is 4.79 Å².